The van der Waals surface area contributed by atoms with Crippen molar-refractivity contribution in [3.63, 3.8) is 0 Å². The number of nitrogens with one attached hydrogen (secondary N) is 2. The lowest BCUT2D eigenvalue weighted by molar-refractivity contribution is -0.140. The number of benzene rings is 2. The van der Waals surface area contributed by atoms with Crippen molar-refractivity contribution in [1.29, 1.82) is 0 Å². The predicted octanol–water partition coefficient (Wildman–Crippen LogP) is 2.58. The third kappa shape index (κ3) is 4.08. The summed E-state index contributed by atoms with van der Waals surface area (Å²) in [6.45, 7) is 2.19. The number of imide groups is 1. The molecule has 2 aromatic rings. The van der Waals surface area contributed by atoms with Crippen LogP contribution in [-0.2, 0) is 9.59 Å². The molecule has 2 fully saturated rings. The second-order valence-corrected chi connectivity index (χ2v) is 8.93. The fraction of sp³-hybridized carbons (Fsp3) is 0.423. The minimum Gasteiger partial charge on any atom is -0.491 e. The van der Waals surface area contributed by atoms with Crippen molar-refractivity contribution in [1.82, 2.24) is 15.5 Å². The molecule has 5 rings (SSSR count). The third-order valence-corrected chi connectivity index (χ3v) is 7.04. The fourth-order valence-corrected chi connectivity index (χ4v) is 5.50. The van der Waals surface area contributed by atoms with Gasteiger partial charge in [0.25, 0.3) is 0 Å². The van der Waals surface area contributed by atoms with Gasteiger partial charge in [-0.1, -0.05) is 48.6 Å². The number of nitrogens with zero attached hydrogens (tertiary/aromatic N) is 2. The standard InChI is InChI=1S/C26H30N4O3/c1-27-26(29-13-15-33-21-9-4-7-17-6-2-3-8-20(17)21)28-12-5-14-30-24(31)22-18-10-11-19(16-18)23(22)25(30)32/h2-4,6-11,18-19,22-23H,5,12-16H2,1H3,(H2,27,28,29). The van der Waals surface area contributed by atoms with Gasteiger partial charge in [-0.2, -0.15) is 0 Å². The van der Waals surface area contributed by atoms with E-state index in [0.717, 1.165) is 22.9 Å². The molecule has 7 nitrogen and oxygen atoms in total. The van der Waals surface area contributed by atoms with Gasteiger partial charge >= 0.3 is 0 Å². The van der Waals surface area contributed by atoms with Gasteiger partial charge in [0.2, 0.25) is 11.8 Å². The first-order chi connectivity index (χ1) is 16.2. The van der Waals surface area contributed by atoms with Crippen molar-refractivity contribution < 1.29 is 14.3 Å². The molecule has 3 aliphatic rings. The number of aliphatic imine (C=N–C) groups is 1. The number of ether oxygens (including phenoxy) is 1. The first kappa shape index (κ1) is 21.5. The maximum atomic E-state index is 12.7. The Morgan fingerprint density at radius 2 is 1.70 bits per heavy atom. The largest absolute Gasteiger partial charge is 0.491 e. The smallest absolute Gasteiger partial charge is 0.233 e. The predicted molar refractivity (Wildman–Crippen MR) is 128 cm³/mol. The fourth-order valence-electron chi connectivity index (χ4n) is 5.50. The van der Waals surface area contributed by atoms with Gasteiger partial charge in [-0.3, -0.25) is 19.5 Å². The molecule has 4 unspecified atom stereocenters. The molecule has 2 bridgehead atoms. The number of amides is 2. The first-order valence-corrected chi connectivity index (χ1v) is 11.8. The zero-order chi connectivity index (χ0) is 22.8. The monoisotopic (exact) mass is 446 g/mol. The molecule has 1 heterocycles. The summed E-state index contributed by atoms with van der Waals surface area (Å²) in [6, 6.07) is 14.2. The molecule has 172 valence electrons. The summed E-state index contributed by atoms with van der Waals surface area (Å²) in [5, 5.41) is 8.75. The van der Waals surface area contributed by atoms with Crippen molar-refractivity contribution in [3.05, 3.63) is 54.6 Å². The SMILES string of the molecule is CN=C(NCCCN1C(=O)C2C3C=CC(C3)C2C1=O)NCCOc1cccc2ccccc12. The van der Waals surface area contributed by atoms with E-state index in [4.69, 9.17) is 4.74 Å². The van der Waals surface area contributed by atoms with Crippen LogP contribution in [0.4, 0.5) is 0 Å². The maximum Gasteiger partial charge on any atom is 0.233 e. The summed E-state index contributed by atoms with van der Waals surface area (Å²) in [5.41, 5.74) is 0. The lowest BCUT2D eigenvalue weighted by Gasteiger charge is -2.18. The van der Waals surface area contributed by atoms with Crippen LogP contribution >= 0.6 is 0 Å². The summed E-state index contributed by atoms with van der Waals surface area (Å²) >= 11 is 0. The summed E-state index contributed by atoms with van der Waals surface area (Å²) < 4.78 is 5.96. The lowest BCUT2D eigenvalue weighted by Crippen LogP contribution is -2.41. The van der Waals surface area contributed by atoms with Crippen molar-refractivity contribution in [3.8, 4) is 5.75 Å². The molecule has 2 aromatic carbocycles. The number of carbonyl (C=O) groups excluding carboxylic acids is 2. The molecule has 0 aromatic heterocycles. The number of rotatable bonds is 8. The summed E-state index contributed by atoms with van der Waals surface area (Å²) in [5.74, 6) is 1.89. The highest BCUT2D eigenvalue weighted by Gasteiger charge is 2.58. The van der Waals surface area contributed by atoms with Gasteiger partial charge < -0.3 is 15.4 Å². The van der Waals surface area contributed by atoms with Crippen LogP contribution < -0.4 is 15.4 Å². The zero-order valence-corrected chi connectivity index (χ0v) is 18.9. The molecule has 33 heavy (non-hydrogen) atoms. The topological polar surface area (TPSA) is 83.0 Å². The molecule has 1 aliphatic heterocycles. The van der Waals surface area contributed by atoms with Crippen LogP contribution in [-0.4, -0.2) is 56.0 Å². The Labute approximate surface area is 193 Å². The van der Waals surface area contributed by atoms with Crippen molar-refractivity contribution in [2.24, 2.45) is 28.7 Å². The van der Waals surface area contributed by atoms with Crippen molar-refractivity contribution >= 4 is 28.5 Å². The zero-order valence-electron chi connectivity index (χ0n) is 18.9. The van der Waals surface area contributed by atoms with Crippen molar-refractivity contribution in [2.45, 2.75) is 12.8 Å². The molecular formula is C26H30N4O3. The Balaban J connectivity index is 1.03. The quantitative estimate of drug-likeness (QED) is 0.214. The van der Waals surface area contributed by atoms with Crippen LogP contribution in [0.1, 0.15) is 12.8 Å². The number of hydrogen-bond acceptors (Lipinski definition) is 4. The molecule has 2 amide bonds. The van der Waals surface area contributed by atoms with Gasteiger partial charge in [0, 0.05) is 25.5 Å². The maximum absolute atomic E-state index is 12.7. The first-order valence-electron chi connectivity index (χ1n) is 11.8. The van der Waals surface area contributed by atoms with Crippen LogP contribution in [0.2, 0.25) is 0 Å². The molecule has 1 saturated heterocycles. The normalized spacial score (nSPS) is 25.7. The average molecular weight is 447 g/mol. The highest BCUT2D eigenvalue weighted by Crippen LogP contribution is 2.52. The van der Waals surface area contributed by atoms with Gasteiger partial charge in [-0.05, 0) is 36.1 Å². The van der Waals surface area contributed by atoms with E-state index >= 15 is 0 Å². The average Bonchev–Trinajstić information content (AvgIpc) is 3.52. The number of carbonyl (C=O) groups is 2. The third-order valence-electron chi connectivity index (χ3n) is 7.04. The minimum atomic E-state index is -0.114. The van der Waals surface area contributed by atoms with Gasteiger partial charge in [-0.25, -0.2) is 0 Å². The van der Waals surface area contributed by atoms with E-state index < -0.39 is 0 Å². The van der Waals surface area contributed by atoms with E-state index in [1.165, 1.54) is 4.90 Å². The highest BCUT2D eigenvalue weighted by atomic mass is 16.5. The van der Waals surface area contributed by atoms with Crippen LogP contribution in [0.15, 0.2) is 59.6 Å². The number of allylic oxidation sites excluding steroid dienone is 2. The molecule has 2 N–H and O–H groups in total. The van der Waals surface area contributed by atoms with Gasteiger partial charge in [0.1, 0.15) is 12.4 Å². The Morgan fingerprint density at radius 1 is 1.00 bits per heavy atom. The van der Waals surface area contributed by atoms with Crippen LogP contribution in [0.25, 0.3) is 10.8 Å². The summed E-state index contributed by atoms with van der Waals surface area (Å²) in [6.07, 6.45) is 5.91. The summed E-state index contributed by atoms with van der Waals surface area (Å²) in [7, 11) is 1.72. The molecule has 1 saturated carbocycles. The lowest BCUT2D eigenvalue weighted by atomic mass is 9.85. The van der Waals surface area contributed by atoms with E-state index in [1.54, 1.807) is 7.05 Å². The second kappa shape index (κ2) is 9.25. The van der Waals surface area contributed by atoms with Crippen LogP contribution in [0.3, 0.4) is 0 Å². The second-order valence-electron chi connectivity index (χ2n) is 8.93. The number of fused-ring (bicyclic) bond motifs is 6. The minimum absolute atomic E-state index is 0.0231. The summed E-state index contributed by atoms with van der Waals surface area (Å²) in [4.78, 5) is 31.2. The Morgan fingerprint density at radius 3 is 2.45 bits per heavy atom. The number of hydrogen-bond donors (Lipinski definition) is 2. The Bertz CT molecular complexity index is 1080. The molecule has 4 atom stereocenters. The molecule has 0 radical (unpaired) electrons. The Hall–Kier alpha value is -3.35. The molecule has 0 spiro atoms. The number of guanidine groups is 1. The van der Waals surface area contributed by atoms with Gasteiger partial charge in [0.15, 0.2) is 5.96 Å². The van der Waals surface area contributed by atoms with E-state index in [1.807, 2.05) is 24.3 Å². The molecule has 7 heteroatoms. The van der Waals surface area contributed by atoms with Gasteiger partial charge in [0.05, 0.1) is 18.4 Å². The van der Waals surface area contributed by atoms with Crippen LogP contribution in [0.5, 0.6) is 5.75 Å². The highest BCUT2D eigenvalue weighted by molar-refractivity contribution is 6.06. The molecular weight excluding hydrogens is 416 g/mol. The van der Waals surface area contributed by atoms with E-state index in [0.29, 0.717) is 38.6 Å². The van der Waals surface area contributed by atoms with E-state index in [9.17, 15) is 9.59 Å². The number of likely N-dealkylation sites (tertiary alicyclic amines) is 1. The Kier molecular flexibility index (Phi) is 6.03. The molecule has 2 aliphatic carbocycles. The van der Waals surface area contributed by atoms with E-state index in [-0.39, 0.29) is 35.5 Å². The van der Waals surface area contributed by atoms with Crippen LogP contribution in [0, 0.1) is 23.7 Å². The van der Waals surface area contributed by atoms with Crippen molar-refractivity contribution in [2.75, 3.05) is 33.3 Å². The van der Waals surface area contributed by atoms with E-state index in [2.05, 4.69) is 46.0 Å². The van der Waals surface area contributed by atoms with Gasteiger partial charge in [-0.15, -0.1) is 0 Å².